The van der Waals surface area contributed by atoms with Gasteiger partial charge in [0.15, 0.2) is 0 Å². The van der Waals surface area contributed by atoms with Crippen molar-refractivity contribution in [1.82, 2.24) is 0 Å². The molecule has 0 aromatic carbocycles. The Labute approximate surface area is 58.8 Å². The van der Waals surface area contributed by atoms with Gasteiger partial charge in [-0.05, 0) is 6.08 Å². The summed E-state index contributed by atoms with van der Waals surface area (Å²) in [4.78, 5) is 10.1. The van der Waals surface area contributed by atoms with Crippen LogP contribution in [0.2, 0.25) is 0 Å². The Hall–Kier alpha value is -0.720. The van der Waals surface area contributed by atoms with E-state index in [0.29, 0.717) is 5.88 Å². The molecule has 0 aromatic rings. The van der Waals surface area contributed by atoms with E-state index >= 15 is 0 Å². The van der Waals surface area contributed by atoms with Crippen molar-refractivity contribution >= 4 is 17.6 Å². The zero-order valence-electron chi connectivity index (χ0n) is 5.06. The first-order valence-electron chi connectivity index (χ1n) is 2.40. The zero-order chi connectivity index (χ0) is 7.11. The molecule has 3 heteroatoms. The van der Waals surface area contributed by atoms with Crippen molar-refractivity contribution in [3.8, 4) is 0 Å². The Balaban J connectivity index is 3.47. The minimum absolute atomic E-state index is 0.356. The second-order valence-electron chi connectivity index (χ2n) is 1.25. The molecule has 50 valence electrons. The van der Waals surface area contributed by atoms with E-state index in [0.717, 1.165) is 0 Å². The summed E-state index contributed by atoms with van der Waals surface area (Å²) in [6, 6.07) is 0. The number of hydrogen-bond donors (Lipinski definition) is 0. The van der Waals surface area contributed by atoms with Gasteiger partial charge in [-0.25, -0.2) is 0 Å². The molecule has 0 spiro atoms. The lowest BCUT2D eigenvalue weighted by Gasteiger charge is -1.83. The first-order valence-corrected chi connectivity index (χ1v) is 2.93. The largest absolute Gasteiger partial charge is 0.426 e. The summed E-state index contributed by atoms with van der Waals surface area (Å²) < 4.78 is 4.38. The van der Waals surface area contributed by atoms with Crippen molar-refractivity contribution in [3.05, 3.63) is 18.1 Å². The molecule has 0 radical (unpaired) electrons. The van der Waals surface area contributed by atoms with Crippen molar-refractivity contribution < 1.29 is 9.53 Å². The molecule has 0 fully saturated rings. The molecule has 0 aliphatic rings. The maximum Gasteiger partial charge on any atom is 0.308 e. The molecule has 0 bridgehead atoms. The van der Waals surface area contributed by atoms with Crippen LogP contribution in [-0.2, 0) is 9.53 Å². The highest BCUT2D eigenvalue weighted by atomic mass is 35.5. The summed E-state index contributed by atoms with van der Waals surface area (Å²) in [5.41, 5.74) is 2.54. The molecular weight excluding hydrogens is 140 g/mol. The van der Waals surface area contributed by atoms with Crippen LogP contribution in [0.1, 0.15) is 6.92 Å². The van der Waals surface area contributed by atoms with Crippen LogP contribution in [0.15, 0.2) is 18.1 Å². The monoisotopic (exact) mass is 146 g/mol. The summed E-state index contributed by atoms with van der Waals surface area (Å²) in [6.07, 6.45) is 2.72. The van der Waals surface area contributed by atoms with E-state index < -0.39 is 0 Å². The molecule has 0 aliphatic carbocycles. The predicted octanol–water partition coefficient (Wildman–Crippen LogP) is 1.46. The van der Waals surface area contributed by atoms with Crippen LogP contribution in [0.5, 0.6) is 0 Å². The quantitative estimate of drug-likeness (QED) is 0.255. The fourth-order valence-electron chi connectivity index (χ4n) is 0.210. The normalized spacial score (nSPS) is 7.33. The number of hydrogen-bond acceptors (Lipinski definition) is 2. The van der Waals surface area contributed by atoms with E-state index in [4.69, 9.17) is 11.6 Å². The first kappa shape index (κ1) is 8.28. The SMILES string of the molecule is CC(=O)OC=C=CCCl. The van der Waals surface area contributed by atoms with Gasteiger partial charge in [0.25, 0.3) is 0 Å². The number of allylic oxidation sites excluding steroid dienone is 1. The van der Waals surface area contributed by atoms with Gasteiger partial charge >= 0.3 is 5.97 Å². The lowest BCUT2D eigenvalue weighted by atomic mass is 10.7. The Morgan fingerprint density at radius 2 is 2.56 bits per heavy atom. The third kappa shape index (κ3) is 7.28. The summed E-state index contributed by atoms with van der Waals surface area (Å²) in [5.74, 6) is 0.0167. The number of alkyl halides is 1. The van der Waals surface area contributed by atoms with Crippen LogP contribution in [0, 0.1) is 0 Å². The minimum Gasteiger partial charge on any atom is -0.426 e. The van der Waals surface area contributed by atoms with Gasteiger partial charge in [0.05, 0.1) is 0 Å². The molecule has 0 N–H and O–H groups in total. The summed E-state index contributed by atoms with van der Waals surface area (Å²) in [6.45, 7) is 1.32. The molecule has 0 amide bonds. The number of carbonyl (C=O) groups is 1. The van der Waals surface area contributed by atoms with Crippen molar-refractivity contribution in [1.29, 1.82) is 0 Å². The Morgan fingerprint density at radius 3 is 3.00 bits per heavy atom. The van der Waals surface area contributed by atoms with Crippen LogP contribution in [0.4, 0.5) is 0 Å². The van der Waals surface area contributed by atoms with E-state index in [1.165, 1.54) is 13.2 Å². The molecule has 0 saturated carbocycles. The molecule has 0 aliphatic heterocycles. The van der Waals surface area contributed by atoms with Crippen LogP contribution < -0.4 is 0 Å². The fraction of sp³-hybridized carbons (Fsp3) is 0.333. The van der Waals surface area contributed by atoms with Gasteiger partial charge in [-0.1, -0.05) is 5.73 Å². The first-order chi connectivity index (χ1) is 4.27. The Kier molecular flexibility index (Phi) is 4.98. The van der Waals surface area contributed by atoms with Crippen LogP contribution in [0.3, 0.4) is 0 Å². The van der Waals surface area contributed by atoms with Crippen LogP contribution in [0.25, 0.3) is 0 Å². The van der Waals surface area contributed by atoms with Crippen molar-refractivity contribution in [2.24, 2.45) is 0 Å². The summed E-state index contributed by atoms with van der Waals surface area (Å²) >= 11 is 5.24. The number of carbonyl (C=O) groups excluding carboxylic acids is 1. The molecule has 0 atom stereocenters. The average Bonchev–Trinajstić information content (AvgIpc) is 1.80. The molecular formula is C6H7ClO2. The summed E-state index contributed by atoms with van der Waals surface area (Å²) in [5, 5.41) is 0. The number of rotatable bonds is 2. The third-order valence-electron chi connectivity index (χ3n) is 0.488. The third-order valence-corrected chi connectivity index (χ3v) is 0.642. The highest BCUT2D eigenvalue weighted by Gasteiger charge is 1.80. The van der Waals surface area contributed by atoms with E-state index in [9.17, 15) is 4.79 Å². The maximum absolute atomic E-state index is 10.1. The Bertz CT molecular complexity index is 145. The van der Waals surface area contributed by atoms with Crippen LogP contribution >= 0.6 is 11.6 Å². The van der Waals surface area contributed by atoms with Gasteiger partial charge < -0.3 is 4.74 Å². The number of esters is 1. The summed E-state index contributed by atoms with van der Waals surface area (Å²) in [7, 11) is 0. The van der Waals surface area contributed by atoms with Gasteiger partial charge in [-0.3, -0.25) is 4.79 Å². The fourth-order valence-corrected chi connectivity index (χ4v) is 0.299. The highest BCUT2D eigenvalue weighted by molar-refractivity contribution is 6.18. The number of ether oxygens (including phenoxy) is 1. The standard InChI is InChI=1S/C6H7ClO2/c1-6(8)9-5-3-2-4-7/h2,5H,4H2,1H3. The van der Waals surface area contributed by atoms with Crippen molar-refractivity contribution in [2.45, 2.75) is 6.92 Å². The topological polar surface area (TPSA) is 26.3 Å². The molecule has 0 saturated heterocycles. The van der Waals surface area contributed by atoms with E-state index in [-0.39, 0.29) is 5.97 Å². The zero-order valence-corrected chi connectivity index (χ0v) is 5.81. The molecule has 2 nitrogen and oxygen atoms in total. The molecule has 9 heavy (non-hydrogen) atoms. The van der Waals surface area contributed by atoms with Gasteiger partial charge in [0, 0.05) is 12.8 Å². The van der Waals surface area contributed by atoms with Gasteiger partial charge in [0.1, 0.15) is 6.26 Å². The number of halogens is 1. The minimum atomic E-state index is -0.356. The lowest BCUT2D eigenvalue weighted by Crippen LogP contribution is -1.88. The van der Waals surface area contributed by atoms with Gasteiger partial charge in [-0.2, -0.15) is 0 Å². The highest BCUT2D eigenvalue weighted by Crippen LogP contribution is 1.77. The lowest BCUT2D eigenvalue weighted by molar-refractivity contribution is -0.135. The maximum atomic E-state index is 10.1. The van der Waals surface area contributed by atoms with Gasteiger partial charge in [-0.15, -0.1) is 11.6 Å². The van der Waals surface area contributed by atoms with E-state index in [2.05, 4.69) is 10.5 Å². The van der Waals surface area contributed by atoms with Crippen LogP contribution in [-0.4, -0.2) is 11.8 Å². The molecule has 0 rings (SSSR count). The van der Waals surface area contributed by atoms with Gasteiger partial charge in [0.2, 0.25) is 0 Å². The average molecular weight is 147 g/mol. The molecule has 0 unspecified atom stereocenters. The van der Waals surface area contributed by atoms with E-state index in [1.54, 1.807) is 6.08 Å². The van der Waals surface area contributed by atoms with Crippen molar-refractivity contribution in [2.75, 3.05) is 5.88 Å². The molecule has 0 heterocycles. The van der Waals surface area contributed by atoms with E-state index in [1.807, 2.05) is 0 Å². The second-order valence-corrected chi connectivity index (χ2v) is 1.56. The Morgan fingerprint density at radius 1 is 1.89 bits per heavy atom. The second kappa shape index (κ2) is 5.42. The molecule has 0 aromatic heterocycles. The van der Waals surface area contributed by atoms with Crippen molar-refractivity contribution in [3.63, 3.8) is 0 Å². The predicted molar refractivity (Wildman–Crippen MR) is 35.1 cm³/mol. The smallest absolute Gasteiger partial charge is 0.308 e.